The minimum atomic E-state index is -1.51. The summed E-state index contributed by atoms with van der Waals surface area (Å²) in [7, 11) is 0. The van der Waals surface area contributed by atoms with Crippen LogP contribution in [0.1, 0.15) is 12.8 Å². The standard InChI is InChI=1S/C13H19NO7/c15-5-10(17)8-4-13(14-12(19)20,7-1-2-21-6-7)11(18)3-9(8)16/h1,8-10,14-17H,2-6H2,(H,19,20)/t8-,9?,10-,13?/m1/s1. The lowest BCUT2D eigenvalue weighted by molar-refractivity contribution is -0.135. The summed E-state index contributed by atoms with van der Waals surface area (Å²) >= 11 is 0. The van der Waals surface area contributed by atoms with Crippen molar-refractivity contribution < 1.29 is 34.8 Å². The van der Waals surface area contributed by atoms with E-state index in [9.17, 15) is 19.8 Å². The highest BCUT2D eigenvalue weighted by Crippen LogP contribution is 2.38. The van der Waals surface area contributed by atoms with Crippen LogP contribution in [0.25, 0.3) is 0 Å². The van der Waals surface area contributed by atoms with Gasteiger partial charge >= 0.3 is 6.09 Å². The van der Waals surface area contributed by atoms with E-state index in [0.29, 0.717) is 5.57 Å². The molecule has 0 bridgehead atoms. The molecule has 8 heteroatoms. The zero-order chi connectivity index (χ0) is 15.6. The number of carbonyl (C=O) groups is 2. The monoisotopic (exact) mass is 301 g/mol. The van der Waals surface area contributed by atoms with Crippen molar-refractivity contribution in [2.45, 2.75) is 30.6 Å². The van der Waals surface area contributed by atoms with Crippen LogP contribution in [0.3, 0.4) is 0 Å². The van der Waals surface area contributed by atoms with Crippen LogP contribution in [0.5, 0.6) is 0 Å². The van der Waals surface area contributed by atoms with E-state index in [2.05, 4.69) is 5.32 Å². The van der Waals surface area contributed by atoms with E-state index in [1.807, 2.05) is 0 Å². The molecule has 2 aliphatic rings. The van der Waals surface area contributed by atoms with Crippen molar-refractivity contribution in [1.82, 2.24) is 5.32 Å². The molecular weight excluding hydrogens is 282 g/mol. The molecular formula is C13H19NO7. The molecule has 21 heavy (non-hydrogen) atoms. The lowest BCUT2D eigenvalue weighted by Gasteiger charge is -2.43. The molecule has 4 atom stereocenters. The molecule has 2 unspecified atom stereocenters. The second kappa shape index (κ2) is 6.10. The first-order chi connectivity index (χ1) is 9.90. The lowest BCUT2D eigenvalue weighted by atomic mass is 9.68. The van der Waals surface area contributed by atoms with E-state index in [-0.39, 0.29) is 26.1 Å². The number of amides is 1. The van der Waals surface area contributed by atoms with Gasteiger partial charge in [0.1, 0.15) is 5.54 Å². The fraction of sp³-hybridized carbons (Fsp3) is 0.692. The smallest absolute Gasteiger partial charge is 0.405 e. The maximum absolute atomic E-state index is 12.4. The SMILES string of the molecule is O=C(O)NC1(C2=CCOC2)C[C@@H]([C@H](O)CO)C(O)CC1=O. The van der Waals surface area contributed by atoms with E-state index in [1.54, 1.807) is 6.08 Å². The fourth-order valence-electron chi connectivity index (χ4n) is 3.03. The summed E-state index contributed by atoms with van der Waals surface area (Å²) in [4.78, 5) is 23.5. The van der Waals surface area contributed by atoms with E-state index in [0.717, 1.165) is 0 Å². The summed E-state index contributed by atoms with van der Waals surface area (Å²) in [5.41, 5.74) is -1.03. The van der Waals surface area contributed by atoms with E-state index < -0.39 is 42.1 Å². The molecule has 0 saturated heterocycles. The summed E-state index contributed by atoms with van der Waals surface area (Å²) in [5.74, 6) is -1.27. The minimum absolute atomic E-state index is 0.115. The summed E-state index contributed by atoms with van der Waals surface area (Å²) in [6.45, 7) is -0.180. The quantitative estimate of drug-likeness (QED) is 0.405. The van der Waals surface area contributed by atoms with Crippen molar-refractivity contribution in [2.75, 3.05) is 19.8 Å². The largest absolute Gasteiger partial charge is 0.465 e. The zero-order valence-corrected chi connectivity index (χ0v) is 11.4. The molecule has 0 aromatic rings. The van der Waals surface area contributed by atoms with Crippen LogP contribution in [0.4, 0.5) is 4.79 Å². The Kier molecular flexibility index (Phi) is 4.62. The molecule has 1 aliphatic heterocycles. The second-order valence-electron chi connectivity index (χ2n) is 5.39. The number of hydrogen-bond acceptors (Lipinski definition) is 6. The molecule has 1 amide bonds. The average Bonchev–Trinajstić information content (AvgIpc) is 2.95. The normalized spacial score (nSPS) is 34.4. The van der Waals surface area contributed by atoms with E-state index in [4.69, 9.17) is 14.9 Å². The summed E-state index contributed by atoms with van der Waals surface area (Å²) < 4.78 is 5.16. The number of hydrogen-bond donors (Lipinski definition) is 5. The number of rotatable bonds is 4. The van der Waals surface area contributed by atoms with Crippen molar-refractivity contribution in [3.05, 3.63) is 11.6 Å². The number of aliphatic hydroxyl groups excluding tert-OH is 3. The highest BCUT2D eigenvalue weighted by atomic mass is 16.5. The number of aliphatic hydroxyl groups is 3. The third-order valence-corrected chi connectivity index (χ3v) is 4.16. The Morgan fingerprint density at radius 3 is 2.81 bits per heavy atom. The van der Waals surface area contributed by atoms with Crippen molar-refractivity contribution in [3.63, 3.8) is 0 Å². The Hall–Kier alpha value is -1.48. The van der Waals surface area contributed by atoms with Gasteiger partial charge in [-0.3, -0.25) is 4.79 Å². The maximum Gasteiger partial charge on any atom is 0.405 e. The molecule has 118 valence electrons. The Balaban J connectivity index is 2.36. The molecule has 0 spiro atoms. The molecule has 1 heterocycles. The molecule has 0 aromatic heterocycles. The fourth-order valence-corrected chi connectivity index (χ4v) is 3.03. The Morgan fingerprint density at radius 1 is 1.57 bits per heavy atom. The van der Waals surface area contributed by atoms with Crippen molar-refractivity contribution >= 4 is 11.9 Å². The molecule has 1 saturated carbocycles. The number of carboxylic acid groups (broad SMARTS) is 1. The van der Waals surface area contributed by atoms with Crippen molar-refractivity contribution in [3.8, 4) is 0 Å². The molecule has 1 fully saturated rings. The topological polar surface area (TPSA) is 136 Å². The number of Topliss-reactive ketones (excluding diaryl/α,β-unsaturated/α-hetero) is 1. The predicted octanol–water partition coefficient (Wildman–Crippen LogP) is -1.36. The highest BCUT2D eigenvalue weighted by Gasteiger charge is 2.52. The molecule has 0 radical (unpaired) electrons. The number of carbonyl (C=O) groups excluding carboxylic acids is 1. The van der Waals surface area contributed by atoms with Crippen molar-refractivity contribution in [2.24, 2.45) is 5.92 Å². The van der Waals surface area contributed by atoms with Gasteiger partial charge in [-0.2, -0.15) is 0 Å². The van der Waals surface area contributed by atoms with Crippen LogP contribution in [0.15, 0.2) is 11.6 Å². The average molecular weight is 301 g/mol. The summed E-state index contributed by atoms with van der Waals surface area (Å²) in [6.07, 6.45) is -2.49. The first-order valence-electron chi connectivity index (χ1n) is 6.69. The number of nitrogens with one attached hydrogen (secondary N) is 1. The number of ketones is 1. The van der Waals surface area contributed by atoms with Gasteiger partial charge in [-0.1, -0.05) is 6.08 Å². The molecule has 2 rings (SSSR count). The highest BCUT2D eigenvalue weighted by molar-refractivity contribution is 5.96. The van der Waals surface area contributed by atoms with Gasteiger partial charge in [-0.05, 0) is 12.0 Å². The minimum Gasteiger partial charge on any atom is -0.465 e. The van der Waals surface area contributed by atoms with Gasteiger partial charge in [0.05, 0.1) is 32.0 Å². The van der Waals surface area contributed by atoms with Crippen LogP contribution < -0.4 is 5.32 Å². The van der Waals surface area contributed by atoms with Crippen LogP contribution in [0.2, 0.25) is 0 Å². The van der Waals surface area contributed by atoms with Gasteiger partial charge in [-0.25, -0.2) is 4.79 Å². The third-order valence-electron chi connectivity index (χ3n) is 4.16. The summed E-state index contributed by atoms with van der Waals surface area (Å²) in [6, 6.07) is 0. The zero-order valence-electron chi connectivity index (χ0n) is 11.4. The Morgan fingerprint density at radius 2 is 2.29 bits per heavy atom. The second-order valence-corrected chi connectivity index (χ2v) is 5.39. The molecule has 0 aromatic carbocycles. The van der Waals surface area contributed by atoms with E-state index >= 15 is 0 Å². The maximum atomic E-state index is 12.4. The van der Waals surface area contributed by atoms with Gasteiger partial charge in [0.15, 0.2) is 5.78 Å². The van der Waals surface area contributed by atoms with Crippen LogP contribution in [-0.2, 0) is 9.53 Å². The Labute approximate surface area is 121 Å². The van der Waals surface area contributed by atoms with Crippen LogP contribution in [0, 0.1) is 5.92 Å². The van der Waals surface area contributed by atoms with Crippen LogP contribution >= 0.6 is 0 Å². The first-order valence-corrected chi connectivity index (χ1v) is 6.69. The van der Waals surface area contributed by atoms with Gasteiger partial charge < -0.3 is 30.5 Å². The van der Waals surface area contributed by atoms with Crippen LogP contribution in [-0.4, -0.2) is 69.9 Å². The molecule has 8 nitrogen and oxygen atoms in total. The number of ether oxygens (including phenoxy) is 1. The van der Waals surface area contributed by atoms with Gasteiger partial charge in [-0.15, -0.1) is 0 Å². The lowest BCUT2D eigenvalue weighted by Crippen LogP contribution is -2.62. The van der Waals surface area contributed by atoms with E-state index in [1.165, 1.54) is 0 Å². The molecule has 5 N–H and O–H groups in total. The van der Waals surface area contributed by atoms with Gasteiger partial charge in [0.2, 0.25) is 0 Å². The molecule has 1 aliphatic carbocycles. The summed E-state index contributed by atoms with van der Waals surface area (Å²) in [5, 5.41) is 40.1. The third kappa shape index (κ3) is 2.93. The van der Waals surface area contributed by atoms with Gasteiger partial charge in [0, 0.05) is 12.3 Å². The Bertz CT molecular complexity index is 463. The van der Waals surface area contributed by atoms with Crippen molar-refractivity contribution in [1.29, 1.82) is 0 Å². The first kappa shape index (κ1) is 15.9. The predicted molar refractivity (Wildman–Crippen MR) is 69.6 cm³/mol. The van der Waals surface area contributed by atoms with Gasteiger partial charge in [0.25, 0.3) is 0 Å².